The van der Waals surface area contributed by atoms with Gasteiger partial charge in [-0.1, -0.05) is 145 Å². The zero-order chi connectivity index (χ0) is 74.3. The van der Waals surface area contributed by atoms with E-state index in [0.717, 1.165) is 132 Å². The number of amides is 3. The van der Waals surface area contributed by atoms with E-state index in [9.17, 15) is 39.0 Å². The fraction of sp³-hybridized carbons (Fsp3) is 0.365. The SMILES string of the molecule is C.C.C.C.C.COC(=O)[C@@H](N)[C@@H](C)O.COC(=O)[C@@H](NC(=O)c1ccc(C#C/C=C/c2ccc(CN3CCOCC3)cc2)cc1)[C@@H](C)O.C[C@@H](O)[C@H](NC(=O)c1ccc(C#C/C=C/c2ccc(CN3CCOCC3)cc2)cc1)C(=O)NO.O=C(O)c1ccc(C#C/C=C/c2ccc(CN3CCOCC3)cc2)cc1. The highest BCUT2D eigenvalue weighted by atomic mass is 16.5. The number of nitrogens with one attached hydrogen (secondary N) is 3. The zero-order valence-corrected chi connectivity index (χ0v) is 58.5. The van der Waals surface area contributed by atoms with E-state index in [0.29, 0.717) is 11.1 Å². The second-order valence-corrected chi connectivity index (χ2v) is 23.9. The van der Waals surface area contributed by atoms with Crippen molar-refractivity contribution in [1.29, 1.82) is 0 Å². The van der Waals surface area contributed by atoms with Crippen molar-refractivity contribution in [2.75, 3.05) is 93.1 Å². The molecule has 0 aromatic heterocycles. The smallest absolute Gasteiger partial charge is 0.335 e. The molecular weight excluding hydrogens is 1370 g/mol. The summed E-state index contributed by atoms with van der Waals surface area (Å²) in [5.41, 5.74) is 16.9. The Morgan fingerprint density at radius 2 is 0.731 bits per heavy atom. The number of hydroxylamine groups is 1. The Hall–Kier alpha value is -10.4. The van der Waals surface area contributed by atoms with Crippen LogP contribution in [0.1, 0.15) is 139 Å². The number of methoxy groups -OCH3 is 2. The Bertz CT molecular complexity index is 3770. The average molecular weight is 1490 g/mol. The number of carboxylic acids is 1. The molecule has 6 atom stereocenters. The maximum absolute atomic E-state index is 12.4. The molecule has 3 fully saturated rings. The number of rotatable bonds is 20. The molecule has 108 heavy (non-hydrogen) atoms. The number of morpholine rings is 3. The third-order valence-corrected chi connectivity index (χ3v) is 16.0. The number of carbonyl (C=O) groups is 6. The van der Waals surface area contributed by atoms with Crippen molar-refractivity contribution in [2.45, 2.75) is 114 Å². The van der Waals surface area contributed by atoms with Gasteiger partial charge in [0.1, 0.15) is 12.1 Å². The molecular formula is C85H111N7O16. The maximum atomic E-state index is 12.4. The number of benzene rings is 6. The van der Waals surface area contributed by atoms with Gasteiger partial charge in [0.25, 0.3) is 17.7 Å². The Morgan fingerprint density at radius 3 is 0.981 bits per heavy atom. The van der Waals surface area contributed by atoms with Gasteiger partial charge in [0.15, 0.2) is 6.04 Å². The normalized spacial score (nSPS) is 14.8. The first-order valence-electron chi connectivity index (χ1n) is 33.5. The van der Waals surface area contributed by atoms with Gasteiger partial charge in [0.05, 0.1) is 77.7 Å². The highest BCUT2D eigenvalue weighted by Gasteiger charge is 2.28. The lowest BCUT2D eigenvalue weighted by atomic mass is 10.1. The molecule has 23 heteroatoms. The van der Waals surface area contributed by atoms with Crippen LogP contribution in [-0.4, -0.2) is 206 Å². The van der Waals surface area contributed by atoms with Crippen LogP contribution < -0.4 is 21.8 Å². The van der Waals surface area contributed by atoms with Gasteiger partial charge in [-0.3, -0.25) is 39.1 Å². The van der Waals surface area contributed by atoms with Crippen molar-refractivity contribution < 1.29 is 78.1 Å². The number of esters is 2. The number of nitrogens with zero attached hydrogens (tertiary/aromatic N) is 3. The number of nitrogens with two attached hydrogens (primary N) is 1. The molecule has 0 aliphatic carbocycles. The predicted molar refractivity (Wildman–Crippen MR) is 425 cm³/mol. The summed E-state index contributed by atoms with van der Waals surface area (Å²) < 4.78 is 25.0. The lowest BCUT2D eigenvalue weighted by molar-refractivity contribution is -0.146. The monoisotopic (exact) mass is 1490 g/mol. The summed E-state index contributed by atoms with van der Waals surface area (Å²) in [6.45, 7) is 17.7. The third kappa shape index (κ3) is 34.9. The van der Waals surface area contributed by atoms with Gasteiger partial charge in [0.2, 0.25) is 0 Å². The minimum absolute atomic E-state index is 0. The van der Waals surface area contributed by atoms with E-state index >= 15 is 0 Å². The van der Waals surface area contributed by atoms with E-state index < -0.39 is 72.1 Å². The average Bonchev–Trinajstić information content (AvgIpc) is 0.837. The van der Waals surface area contributed by atoms with Crippen LogP contribution in [0.25, 0.3) is 18.2 Å². The first-order valence-corrected chi connectivity index (χ1v) is 33.5. The quantitative estimate of drug-likeness (QED) is 0.0149. The van der Waals surface area contributed by atoms with Crippen molar-refractivity contribution in [3.8, 4) is 35.5 Å². The topological polar surface area (TPSA) is 322 Å². The molecule has 6 aromatic carbocycles. The molecule has 9 rings (SSSR count). The van der Waals surface area contributed by atoms with Crippen LogP contribution in [0.15, 0.2) is 164 Å². The van der Waals surface area contributed by atoms with E-state index in [4.69, 9.17) is 35.4 Å². The number of ether oxygens (including phenoxy) is 5. The maximum Gasteiger partial charge on any atom is 0.335 e. The van der Waals surface area contributed by atoms with Crippen molar-refractivity contribution in [3.05, 3.63) is 231 Å². The summed E-state index contributed by atoms with van der Waals surface area (Å²) in [5, 5.41) is 50.5. The highest BCUT2D eigenvalue weighted by molar-refractivity contribution is 5.98. The van der Waals surface area contributed by atoms with Crippen LogP contribution in [0.4, 0.5) is 0 Å². The first kappa shape index (κ1) is 95.6. The molecule has 0 spiro atoms. The van der Waals surface area contributed by atoms with Crippen LogP contribution in [0.3, 0.4) is 0 Å². The Morgan fingerprint density at radius 1 is 0.444 bits per heavy atom. The van der Waals surface area contributed by atoms with Crippen molar-refractivity contribution in [2.24, 2.45) is 5.73 Å². The Kier molecular flexibility index (Phi) is 46.5. The number of aliphatic hydroxyl groups is 3. The van der Waals surface area contributed by atoms with Gasteiger partial charge in [0, 0.05) is 86.7 Å². The molecule has 3 amide bonds. The molecule has 23 nitrogen and oxygen atoms in total. The summed E-state index contributed by atoms with van der Waals surface area (Å²) in [6.07, 6.45) is 8.14. The second kappa shape index (κ2) is 52.6. The van der Waals surface area contributed by atoms with Crippen LogP contribution in [-0.2, 0) is 57.7 Å². The molecule has 3 saturated heterocycles. The van der Waals surface area contributed by atoms with E-state index in [1.54, 1.807) is 84.9 Å². The van der Waals surface area contributed by atoms with Crippen LogP contribution in [0.5, 0.6) is 0 Å². The van der Waals surface area contributed by atoms with Crippen LogP contribution in [0.2, 0.25) is 0 Å². The molecule has 0 bridgehead atoms. The number of allylic oxidation sites excluding steroid dienone is 3. The van der Waals surface area contributed by atoms with Crippen LogP contribution >= 0.6 is 0 Å². The molecule has 3 aliphatic heterocycles. The van der Waals surface area contributed by atoms with E-state index in [1.807, 2.05) is 24.3 Å². The number of hydrogen-bond donors (Lipinski definition) is 9. The highest BCUT2D eigenvalue weighted by Crippen LogP contribution is 2.15. The van der Waals surface area contributed by atoms with Gasteiger partial charge >= 0.3 is 17.9 Å². The predicted octanol–water partition coefficient (Wildman–Crippen LogP) is 9.13. The van der Waals surface area contributed by atoms with Gasteiger partial charge in [-0.25, -0.2) is 15.1 Å². The summed E-state index contributed by atoms with van der Waals surface area (Å²) in [5.74, 6) is 13.8. The molecule has 0 radical (unpaired) electrons. The minimum atomic E-state index is -1.27. The number of aliphatic hydroxyl groups excluding tert-OH is 3. The summed E-state index contributed by atoms with van der Waals surface area (Å²) in [6, 6.07) is 41.7. The van der Waals surface area contributed by atoms with Gasteiger partial charge in [-0.15, -0.1) is 0 Å². The lowest BCUT2D eigenvalue weighted by Crippen LogP contribution is -2.51. The lowest BCUT2D eigenvalue weighted by Gasteiger charge is -2.26. The number of carboxylic acid groups (broad SMARTS) is 1. The van der Waals surface area contributed by atoms with E-state index in [1.165, 1.54) is 57.2 Å². The Balaban J connectivity index is 0.000000753. The second-order valence-electron chi connectivity index (χ2n) is 23.9. The standard InChI is InChI=1S/C27H30N2O5.C26H29N3O5.C22H21NO3.C5H11NO3.5CH4/c1-20(30)25(27(32)33-2)28-26(31)24-13-11-22(12-14-24)6-4-3-5-21-7-9-23(10-8-21)19-29-15-17-34-18-16-29;1-19(30)24(26(32)28-33)27-25(31)23-12-10-21(11-13-23)5-3-2-4-20-6-8-22(9-7-20)18-29-14-16-34-17-15-29;24-22(25)21-11-9-19(10-12-21)4-2-1-3-18-5-7-20(8-6-18)17-23-13-15-26-16-14-23;1-3(7)4(6)5(8)9-2;;;;;/h3,5,7-14,20,25,30H,15-19H2,1-2H3,(H,28,31);2,4,6-13,19,24,30,33H,14-18H2,1H3,(H,27,31)(H,28,32);1,3,5-12H,13-17H2,(H,24,25);3-4,7H,6H2,1-2H3;5*1H4/b5-3+;4-2+;3-1+;;;;;;/t20-,25+;19-,24+;;3-,4+;;;;;/m11.1...../s1. The summed E-state index contributed by atoms with van der Waals surface area (Å²) in [7, 11) is 2.43. The summed E-state index contributed by atoms with van der Waals surface area (Å²) >= 11 is 0. The fourth-order valence-electron chi connectivity index (χ4n) is 9.91. The number of aromatic carboxylic acids is 1. The van der Waals surface area contributed by atoms with Gasteiger partial charge in [-0.05, 0) is 163 Å². The molecule has 3 aliphatic rings. The summed E-state index contributed by atoms with van der Waals surface area (Å²) in [4.78, 5) is 76.3. The largest absolute Gasteiger partial charge is 0.478 e. The number of hydrogen-bond acceptors (Lipinski definition) is 19. The first-order chi connectivity index (χ1) is 49.7. The molecule has 0 saturated carbocycles. The fourth-order valence-corrected chi connectivity index (χ4v) is 9.91. The van der Waals surface area contributed by atoms with E-state index in [2.05, 4.69) is 143 Å². The van der Waals surface area contributed by atoms with Crippen molar-refractivity contribution in [3.63, 3.8) is 0 Å². The minimum Gasteiger partial charge on any atom is -0.478 e. The van der Waals surface area contributed by atoms with Gasteiger partial charge < -0.3 is 60.5 Å². The molecule has 3 heterocycles. The molecule has 582 valence electrons. The molecule has 6 aromatic rings. The van der Waals surface area contributed by atoms with Crippen LogP contribution in [0, 0.1) is 35.5 Å². The number of carbonyl (C=O) groups excluding carboxylic acids is 5. The molecule has 0 unspecified atom stereocenters. The third-order valence-electron chi connectivity index (χ3n) is 16.0. The van der Waals surface area contributed by atoms with Gasteiger partial charge in [-0.2, -0.15) is 0 Å². The van der Waals surface area contributed by atoms with E-state index in [-0.39, 0.29) is 42.7 Å². The zero-order valence-electron chi connectivity index (χ0n) is 58.5. The Labute approximate surface area is 638 Å². The molecule has 10 N–H and O–H groups in total. The van der Waals surface area contributed by atoms with Crippen molar-refractivity contribution >= 4 is 53.9 Å². The van der Waals surface area contributed by atoms with Crippen molar-refractivity contribution in [1.82, 2.24) is 30.8 Å².